The number of rotatable bonds is 0. The molecule has 1 N–H and O–H groups in total. The van der Waals surface area contributed by atoms with Crippen LogP contribution < -0.4 is 0 Å². The summed E-state index contributed by atoms with van der Waals surface area (Å²) in [6.07, 6.45) is 0.306. The molecule has 2 rings (SSSR count). The van der Waals surface area contributed by atoms with Gasteiger partial charge in [-0.25, -0.2) is 9.78 Å². The lowest BCUT2D eigenvalue weighted by Crippen LogP contribution is -2.21. The number of alkyl halides is 3. The molecule has 0 amide bonds. The zero-order valence-electron chi connectivity index (χ0n) is 10.9. The predicted molar refractivity (Wildman–Crippen MR) is 68.1 cm³/mol. The van der Waals surface area contributed by atoms with Crippen LogP contribution in [0.15, 0.2) is 49.1 Å². The number of hydrogen-bond acceptors (Lipinski definition) is 3. The molecule has 0 fully saturated rings. The summed E-state index contributed by atoms with van der Waals surface area (Å²) in [6, 6.07) is 11.2. The van der Waals surface area contributed by atoms with Crippen LogP contribution in [-0.4, -0.2) is 26.8 Å². The number of carboxylic acid groups (broad SMARTS) is 1. The Bertz CT molecular complexity index is 561. The number of halogens is 3. The molecule has 1 aromatic heterocycles. The summed E-state index contributed by atoms with van der Waals surface area (Å²) in [5.41, 5.74) is 0.715. The van der Waals surface area contributed by atoms with Gasteiger partial charge in [0.2, 0.25) is 0 Å². The van der Waals surface area contributed by atoms with Crippen molar-refractivity contribution in [3.63, 3.8) is 0 Å². The minimum absolute atomic E-state index is 0.715. The molecule has 0 aliphatic rings. The molecule has 0 bridgehead atoms. The first kappa shape index (κ1) is 18.2. The molecular weight excluding hydrogens is 287 g/mol. The van der Waals surface area contributed by atoms with Crippen LogP contribution in [0.2, 0.25) is 0 Å². The van der Waals surface area contributed by atoms with Crippen LogP contribution in [0.5, 0.6) is 0 Å². The fourth-order valence-corrected chi connectivity index (χ4v) is 0.838. The SMILES string of the molecule is Cn1ccnc1.N#Cc1ccccc1.O=C(O)C(F)(F)F. The Morgan fingerprint density at radius 3 is 2.05 bits per heavy atom. The monoisotopic (exact) mass is 299 g/mol. The number of carbonyl (C=O) groups is 1. The molecule has 8 heteroatoms. The van der Waals surface area contributed by atoms with Gasteiger partial charge in [0.1, 0.15) is 0 Å². The summed E-state index contributed by atoms with van der Waals surface area (Å²) >= 11 is 0. The first-order valence-corrected chi connectivity index (χ1v) is 5.44. The summed E-state index contributed by atoms with van der Waals surface area (Å²) in [7, 11) is 1.94. The van der Waals surface area contributed by atoms with Gasteiger partial charge >= 0.3 is 12.1 Å². The third-order valence-electron chi connectivity index (χ3n) is 1.78. The number of nitrogens with zero attached hydrogens (tertiary/aromatic N) is 3. The van der Waals surface area contributed by atoms with Crippen molar-refractivity contribution >= 4 is 5.97 Å². The lowest BCUT2D eigenvalue weighted by molar-refractivity contribution is -0.192. The first-order chi connectivity index (χ1) is 9.77. The molecule has 5 nitrogen and oxygen atoms in total. The zero-order valence-corrected chi connectivity index (χ0v) is 10.9. The smallest absolute Gasteiger partial charge is 0.475 e. The van der Waals surface area contributed by atoms with E-state index in [-0.39, 0.29) is 0 Å². The Morgan fingerprint density at radius 2 is 1.86 bits per heavy atom. The van der Waals surface area contributed by atoms with E-state index in [4.69, 9.17) is 15.2 Å². The second-order valence-corrected chi connectivity index (χ2v) is 3.51. The van der Waals surface area contributed by atoms with Gasteiger partial charge in [-0.3, -0.25) is 0 Å². The molecule has 0 saturated carbocycles. The van der Waals surface area contributed by atoms with Crippen LogP contribution >= 0.6 is 0 Å². The fraction of sp³-hybridized carbons (Fsp3) is 0.154. The maximum atomic E-state index is 10.6. The topological polar surface area (TPSA) is 78.9 Å². The average molecular weight is 299 g/mol. The number of imidazole rings is 1. The molecule has 0 unspecified atom stereocenters. The molecule has 0 radical (unpaired) electrons. The quantitative estimate of drug-likeness (QED) is 0.811. The predicted octanol–water partition coefficient (Wildman–Crippen LogP) is 2.61. The molecule has 1 aromatic carbocycles. The van der Waals surface area contributed by atoms with Crippen LogP contribution in [0.3, 0.4) is 0 Å². The Hall–Kier alpha value is -2.82. The van der Waals surface area contributed by atoms with E-state index in [2.05, 4.69) is 4.98 Å². The molecule has 0 atom stereocenters. The summed E-state index contributed by atoms with van der Waals surface area (Å²) in [6.45, 7) is 0. The number of aromatic nitrogens is 2. The molecular formula is C13H12F3N3O2. The van der Waals surface area contributed by atoms with Crippen LogP contribution in [-0.2, 0) is 11.8 Å². The van der Waals surface area contributed by atoms with Crippen molar-refractivity contribution in [3.8, 4) is 6.07 Å². The van der Waals surface area contributed by atoms with Gasteiger partial charge in [-0.05, 0) is 12.1 Å². The summed E-state index contributed by atoms with van der Waals surface area (Å²) in [4.78, 5) is 12.7. The largest absolute Gasteiger partial charge is 0.490 e. The minimum Gasteiger partial charge on any atom is -0.475 e. The number of hydrogen-bond donors (Lipinski definition) is 1. The van der Waals surface area contributed by atoms with Gasteiger partial charge in [0.25, 0.3) is 0 Å². The van der Waals surface area contributed by atoms with Gasteiger partial charge in [0.05, 0.1) is 18.0 Å². The fourth-order valence-electron chi connectivity index (χ4n) is 0.838. The maximum Gasteiger partial charge on any atom is 0.490 e. The summed E-state index contributed by atoms with van der Waals surface area (Å²) < 4.78 is 33.6. The van der Waals surface area contributed by atoms with Crippen molar-refractivity contribution in [2.45, 2.75) is 6.18 Å². The van der Waals surface area contributed by atoms with Gasteiger partial charge in [-0.1, -0.05) is 18.2 Å². The van der Waals surface area contributed by atoms with Gasteiger partial charge in [0, 0.05) is 19.4 Å². The highest BCUT2D eigenvalue weighted by molar-refractivity contribution is 5.73. The van der Waals surface area contributed by atoms with E-state index < -0.39 is 12.1 Å². The number of aryl methyl sites for hydroxylation is 1. The Labute approximate surface area is 118 Å². The second-order valence-electron chi connectivity index (χ2n) is 3.51. The van der Waals surface area contributed by atoms with Gasteiger partial charge < -0.3 is 9.67 Å². The van der Waals surface area contributed by atoms with Crippen LogP contribution in [0.4, 0.5) is 13.2 Å². The van der Waals surface area contributed by atoms with E-state index in [1.54, 1.807) is 24.7 Å². The minimum atomic E-state index is -5.08. The van der Waals surface area contributed by atoms with Crippen molar-refractivity contribution in [1.82, 2.24) is 9.55 Å². The van der Waals surface area contributed by atoms with Crippen molar-refractivity contribution in [2.75, 3.05) is 0 Å². The van der Waals surface area contributed by atoms with Crippen LogP contribution in [0.1, 0.15) is 5.56 Å². The number of aliphatic carboxylic acids is 1. The molecule has 0 saturated heterocycles. The highest BCUT2D eigenvalue weighted by Crippen LogP contribution is 2.13. The summed E-state index contributed by atoms with van der Waals surface area (Å²) in [5, 5.41) is 15.4. The normalized spacial score (nSPS) is 9.29. The van der Waals surface area contributed by atoms with Crippen LogP contribution in [0.25, 0.3) is 0 Å². The summed E-state index contributed by atoms with van der Waals surface area (Å²) in [5.74, 6) is -2.76. The molecule has 2 aromatic rings. The Kier molecular flexibility index (Phi) is 7.91. The number of carboxylic acids is 1. The molecule has 21 heavy (non-hydrogen) atoms. The average Bonchev–Trinajstić information content (AvgIpc) is 2.91. The van der Waals surface area contributed by atoms with E-state index in [1.165, 1.54) is 0 Å². The van der Waals surface area contributed by atoms with Crippen molar-refractivity contribution < 1.29 is 23.1 Å². The van der Waals surface area contributed by atoms with Crippen LogP contribution in [0, 0.1) is 11.3 Å². The highest BCUT2D eigenvalue weighted by atomic mass is 19.4. The van der Waals surface area contributed by atoms with E-state index in [0.717, 1.165) is 0 Å². The van der Waals surface area contributed by atoms with Crippen molar-refractivity contribution in [1.29, 1.82) is 5.26 Å². The van der Waals surface area contributed by atoms with E-state index in [0.29, 0.717) is 5.56 Å². The van der Waals surface area contributed by atoms with E-state index >= 15 is 0 Å². The standard InChI is InChI=1S/C7H5N.C4H6N2.C2HF3O2/c8-6-7-4-2-1-3-5-7;1-6-3-2-5-4-6;3-2(4,5)1(6)7/h1-5H;2-4H,1H3;(H,6,7). The van der Waals surface area contributed by atoms with Crippen molar-refractivity contribution in [3.05, 3.63) is 54.6 Å². The molecule has 112 valence electrons. The maximum absolute atomic E-state index is 10.6. The number of benzene rings is 1. The van der Waals surface area contributed by atoms with Gasteiger partial charge in [-0.15, -0.1) is 0 Å². The third kappa shape index (κ3) is 9.72. The van der Waals surface area contributed by atoms with E-state index in [9.17, 15) is 13.2 Å². The first-order valence-electron chi connectivity index (χ1n) is 5.44. The Balaban J connectivity index is 0.000000289. The molecule has 0 aliphatic heterocycles. The lowest BCUT2D eigenvalue weighted by atomic mass is 10.2. The van der Waals surface area contributed by atoms with Crippen molar-refractivity contribution in [2.24, 2.45) is 7.05 Å². The Morgan fingerprint density at radius 1 is 1.33 bits per heavy atom. The third-order valence-corrected chi connectivity index (χ3v) is 1.78. The number of nitriles is 1. The van der Waals surface area contributed by atoms with Gasteiger partial charge in [-0.2, -0.15) is 18.4 Å². The molecule has 1 heterocycles. The van der Waals surface area contributed by atoms with Gasteiger partial charge in [0.15, 0.2) is 0 Å². The zero-order chi connectivity index (χ0) is 16.3. The second kappa shape index (κ2) is 9.14. The molecule has 0 spiro atoms. The van der Waals surface area contributed by atoms with E-state index in [1.807, 2.05) is 42.1 Å². The lowest BCUT2D eigenvalue weighted by Gasteiger charge is -1.93. The molecule has 0 aliphatic carbocycles. The highest BCUT2D eigenvalue weighted by Gasteiger charge is 2.38.